The van der Waals surface area contributed by atoms with Gasteiger partial charge in [-0.05, 0) is 48.9 Å². The van der Waals surface area contributed by atoms with Crippen LogP contribution in [-0.2, 0) is 0 Å². The van der Waals surface area contributed by atoms with Crippen molar-refractivity contribution in [1.82, 2.24) is 0 Å². The molecule has 2 aliphatic rings. The predicted molar refractivity (Wildman–Crippen MR) is 57.6 cm³/mol. The Bertz CT molecular complexity index is 184. The van der Waals surface area contributed by atoms with E-state index in [1.807, 2.05) is 0 Å². The zero-order valence-electron chi connectivity index (χ0n) is 9.47. The van der Waals surface area contributed by atoms with Gasteiger partial charge in [0.2, 0.25) is 0 Å². The summed E-state index contributed by atoms with van der Waals surface area (Å²) < 4.78 is 0. The quantitative estimate of drug-likeness (QED) is 0.609. The Morgan fingerprint density at radius 2 is 2.00 bits per heavy atom. The third-order valence-electron chi connectivity index (χ3n) is 4.91. The Kier molecular flexibility index (Phi) is 2.42. The molecule has 0 radical (unpaired) electrons. The highest BCUT2D eigenvalue weighted by atomic mass is 14.6. The van der Waals surface area contributed by atoms with E-state index in [0.717, 1.165) is 23.2 Å². The fraction of sp³-hybridized carbons (Fsp3) is 1.00. The van der Waals surface area contributed by atoms with E-state index in [2.05, 4.69) is 20.8 Å². The first-order chi connectivity index (χ1) is 6.21. The van der Waals surface area contributed by atoms with Gasteiger partial charge in [-0.1, -0.05) is 33.6 Å². The van der Waals surface area contributed by atoms with Gasteiger partial charge in [-0.2, -0.15) is 0 Å². The van der Waals surface area contributed by atoms with Crippen LogP contribution < -0.4 is 0 Å². The monoisotopic (exact) mass is 180 g/mol. The number of fused-ring (bicyclic) bond motifs is 1. The fourth-order valence-electron chi connectivity index (χ4n) is 4.04. The minimum atomic E-state index is 0.773. The third kappa shape index (κ3) is 1.43. The van der Waals surface area contributed by atoms with Crippen molar-refractivity contribution in [2.45, 2.75) is 59.3 Å². The summed E-state index contributed by atoms with van der Waals surface area (Å²) in [6, 6.07) is 0. The van der Waals surface area contributed by atoms with Gasteiger partial charge in [0.15, 0.2) is 0 Å². The Morgan fingerprint density at radius 3 is 2.46 bits per heavy atom. The zero-order valence-corrected chi connectivity index (χ0v) is 9.47. The van der Waals surface area contributed by atoms with Gasteiger partial charge in [0, 0.05) is 0 Å². The molecule has 0 aromatic carbocycles. The first-order valence-corrected chi connectivity index (χ1v) is 6.21. The predicted octanol–water partition coefficient (Wildman–Crippen LogP) is 4.25. The van der Waals surface area contributed by atoms with Crippen molar-refractivity contribution in [3.63, 3.8) is 0 Å². The van der Waals surface area contributed by atoms with Gasteiger partial charge in [0.1, 0.15) is 0 Å². The summed E-state index contributed by atoms with van der Waals surface area (Å²) in [4.78, 5) is 0. The first kappa shape index (κ1) is 9.55. The maximum atomic E-state index is 2.46. The lowest BCUT2D eigenvalue weighted by Crippen LogP contribution is -2.29. The molecule has 2 saturated carbocycles. The van der Waals surface area contributed by atoms with Crippen molar-refractivity contribution >= 4 is 0 Å². The van der Waals surface area contributed by atoms with Crippen LogP contribution in [0.3, 0.4) is 0 Å². The summed E-state index contributed by atoms with van der Waals surface area (Å²) >= 11 is 0. The highest BCUT2D eigenvalue weighted by Gasteiger charge is 2.50. The summed E-state index contributed by atoms with van der Waals surface area (Å²) in [6.45, 7) is 7.21. The number of rotatable bonds is 3. The molecule has 0 spiro atoms. The van der Waals surface area contributed by atoms with Crippen molar-refractivity contribution in [3.05, 3.63) is 0 Å². The van der Waals surface area contributed by atoms with E-state index in [0.29, 0.717) is 0 Å². The van der Waals surface area contributed by atoms with Crippen molar-refractivity contribution in [2.75, 3.05) is 0 Å². The minimum Gasteiger partial charge on any atom is -0.0654 e. The molecule has 2 rings (SSSR count). The fourth-order valence-corrected chi connectivity index (χ4v) is 4.04. The molecule has 0 bridgehead atoms. The van der Waals surface area contributed by atoms with Gasteiger partial charge >= 0.3 is 0 Å². The Hall–Kier alpha value is 0. The molecule has 13 heavy (non-hydrogen) atoms. The van der Waals surface area contributed by atoms with Crippen LogP contribution >= 0.6 is 0 Å². The van der Waals surface area contributed by atoms with E-state index < -0.39 is 0 Å². The van der Waals surface area contributed by atoms with Gasteiger partial charge in [0.05, 0.1) is 0 Å². The van der Waals surface area contributed by atoms with E-state index in [4.69, 9.17) is 0 Å². The second-order valence-corrected chi connectivity index (χ2v) is 5.65. The third-order valence-corrected chi connectivity index (χ3v) is 4.91. The molecule has 0 amide bonds. The minimum absolute atomic E-state index is 0.773. The van der Waals surface area contributed by atoms with Crippen LogP contribution in [0.25, 0.3) is 0 Å². The Balaban J connectivity index is 2.00. The molecule has 0 aromatic heterocycles. The molecule has 4 atom stereocenters. The van der Waals surface area contributed by atoms with Gasteiger partial charge in [0.25, 0.3) is 0 Å². The van der Waals surface area contributed by atoms with Gasteiger partial charge < -0.3 is 0 Å². The van der Waals surface area contributed by atoms with Crippen molar-refractivity contribution in [1.29, 1.82) is 0 Å². The van der Waals surface area contributed by atoms with E-state index in [1.54, 1.807) is 12.8 Å². The lowest BCUT2D eigenvalue weighted by Gasteiger charge is -2.37. The van der Waals surface area contributed by atoms with Crippen molar-refractivity contribution in [3.8, 4) is 0 Å². The summed E-state index contributed by atoms with van der Waals surface area (Å²) in [6.07, 6.45) is 8.97. The molecule has 76 valence electrons. The van der Waals surface area contributed by atoms with Crippen LogP contribution in [0.4, 0.5) is 0 Å². The van der Waals surface area contributed by atoms with Crippen LogP contribution in [0, 0.1) is 23.2 Å². The van der Waals surface area contributed by atoms with Crippen molar-refractivity contribution < 1.29 is 0 Å². The lowest BCUT2D eigenvalue weighted by molar-refractivity contribution is 0.120. The largest absolute Gasteiger partial charge is 0.0654 e. The summed E-state index contributed by atoms with van der Waals surface area (Å²) in [7, 11) is 0. The van der Waals surface area contributed by atoms with Crippen LogP contribution in [0.15, 0.2) is 0 Å². The molecule has 0 heterocycles. The molecule has 2 fully saturated rings. The summed E-state index contributed by atoms with van der Waals surface area (Å²) in [5, 5.41) is 0. The number of hydrogen-bond acceptors (Lipinski definition) is 0. The molecule has 0 heteroatoms. The zero-order chi connectivity index (χ0) is 9.47. The number of hydrogen-bond donors (Lipinski definition) is 0. The normalized spacial score (nSPS) is 48.7. The highest BCUT2D eigenvalue weighted by Crippen LogP contribution is 2.60. The molecule has 0 aliphatic heterocycles. The average molecular weight is 180 g/mol. The van der Waals surface area contributed by atoms with E-state index in [9.17, 15) is 0 Å². The highest BCUT2D eigenvalue weighted by molar-refractivity contribution is 5.00. The smallest absolute Gasteiger partial charge is 0.0295 e. The average Bonchev–Trinajstić information content (AvgIpc) is 2.41. The lowest BCUT2D eigenvalue weighted by atomic mass is 9.68. The molecule has 2 aliphatic carbocycles. The molecular formula is C13H24. The molecule has 4 unspecified atom stereocenters. The summed E-state index contributed by atoms with van der Waals surface area (Å²) in [5.74, 6) is 3.29. The molecule has 0 saturated heterocycles. The first-order valence-electron chi connectivity index (χ1n) is 6.21. The standard InChI is InChI=1S/C13H24/c1-4-6-13(5-2)8-11-7-10(3)12(11)9-13/h10-12H,4-9H2,1-3H3. The Labute approximate surface area is 83.1 Å². The van der Waals surface area contributed by atoms with Crippen molar-refractivity contribution in [2.24, 2.45) is 23.2 Å². The van der Waals surface area contributed by atoms with Gasteiger partial charge in [-0.25, -0.2) is 0 Å². The van der Waals surface area contributed by atoms with E-state index in [1.165, 1.54) is 25.7 Å². The summed E-state index contributed by atoms with van der Waals surface area (Å²) in [5.41, 5.74) is 0.773. The van der Waals surface area contributed by atoms with Crippen LogP contribution in [0.5, 0.6) is 0 Å². The van der Waals surface area contributed by atoms with Crippen LogP contribution in [-0.4, -0.2) is 0 Å². The second kappa shape index (κ2) is 3.29. The Morgan fingerprint density at radius 1 is 1.23 bits per heavy atom. The maximum Gasteiger partial charge on any atom is -0.0295 e. The topological polar surface area (TPSA) is 0 Å². The van der Waals surface area contributed by atoms with E-state index >= 15 is 0 Å². The van der Waals surface area contributed by atoms with Crippen LogP contribution in [0.1, 0.15) is 59.3 Å². The van der Waals surface area contributed by atoms with Gasteiger partial charge in [-0.3, -0.25) is 0 Å². The molecular weight excluding hydrogens is 156 g/mol. The maximum absolute atomic E-state index is 2.46. The SMILES string of the molecule is CCCC1(CC)CC2CC(C)C2C1. The molecule has 0 nitrogen and oxygen atoms in total. The second-order valence-electron chi connectivity index (χ2n) is 5.65. The van der Waals surface area contributed by atoms with Gasteiger partial charge in [-0.15, -0.1) is 0 Å². The molecule has 0 aromatic rings. The van der Waals surface area contributed by atoms with Crippen LogP contribution in [0.2, 0.25) is 0 Å². The molecule has 0 N–H and O–H groups in total. The van der Waals surface area contributed by atoms with E-state index in [-0.39, 0.29) is 0 Å².